The van der Waals surface area contributed by atoms with Crippen LogP contribution in [0.2, 0.25) is 0 Å². The second-order valence-corrected chi connectivity index (χ2v) is 3.24. The average Bonchev–Trinajstić information content (AvgIpc) is 1.86. The van der Waals surface area contributed by atoms with Crippen LogP contribution in [0.5, 0.6) is 0 Å². The van der Waals surface area contributed by atoms with Crippen molar-refractivity contribution in [1.82, 2.24) is 0 Å². The molecule has 0 aromatic rings. The highest BCUT2D eigenvalue weighted by atomic mass is 16.2. The molecule has 0 aliphatic rings. The minimum atomic E-state index is 0.0601. The smallest absolute Gasteiger partial charge is 0.258 e. The van der Waals surface area contributed by atoms with Crippen LogP contribution in [-0.2, 0) is 4.79 Å². The van der Waals surface area contributed by atoms with E-state index in [1.807, 2.05) is 14.1 Å². The first kappa shape index (κ1) is 10.1. The van der Waals surface area contributed by atoms with Gasteiger partial charge in [0, 0.05) is 5.57 Å². The van der Waals surface area contributed by atoms with Gasteiger partial charge in [-0.3, -0.25) is 4.48 Å². The van der Waals surface area contributed by atoms with E-state index >= 15 is 0 Å². The Morgan fingerprint density at radius 3 is 2.27 bits per heavy atom. The van der Waals surface area contributed by atoms with Crippen molar-refractivity contribution in [3.63, 3.8) is 0 Å². The second kappa shape index (κ2) is 3.49. The number of hydrogen-bond acceptors (Lipinski definition) is 1. The van der Waals surface area contributed by atoms with E-state index in [-0.39, 0.29) is 5.91 Å². The van der Waals surface area contributed by atoms with Crippen LogP contribution in [0.4, 0.5) is 0 Å². The lowest BCUT2D eigenvalue weighted by Crippen LogP contribution is -2.45. The number of likely N-dealkylation sites (N-methyl/N-ethyl adjacent to an activating group) is 1. The van der Waals surface area contributed by atoms with Crippen molar-refractivity contribution in [1.29, 1.82) is 0 Å². The Morgan fingerprint density at radius 1 is 1.55 bits per heavy atom. The van der Waals surface area contributed by atoms with E-state index in [1.165, 1.54) is 0 Å². The van der Waals surface area contributed by atoms with Crippen LogP contribution in [0.15, 0.2) is 24.8 Å². The number of quaternary nitrogens is 1. The van der Waals surface area contributed by atoms with E-state index < -0.39 is 0 Å². The highest BCUT2D eigenvalue weighted by molar-refractivity contribution is 5.86. The maximum atomic E-state index is 11.4. The maximum absolute atomic E-state index is 11.4. The zero-order valence-corrected chi connectivity index (χ0v) is 7.55. The van der Waals surface area contributed by atoms with Gasteiger partial charge < -0.3 is 0 Å². The summed E-state index contributed by atoms with van der Waals surface area (Å²) in [7, 11) is 3.69. The Bertz CT molecular complexity index is 192. The summed E-state index contributed by atoms with van der Waals surface area (Å²) in [5.74, 6) is 0.0601. The van der Waals surface area contributed by atoms with Crippen LogP contribution in [0.3, 0.4) is 0 Å². The lowest BCUT2D eigenvalue weighted by Gasteiger charge is -2.24. The van der Waals surface area contributed by atoms with Gasteiger partial charge in [-0.1, -0.05) is 13.2 Å². The molecule has 1 amide bonds. The van der Waals surface area contributed by atoms with Crippen molar-refractivity contribution in [2.45, 2.75) is 6.92 Å². The molecule has 0 fully saturated rings. The number of carbonyl (C=O) groups is 1. The predicted octanol–water partition coefficient (Wildman–Crippen LogP) is 1.35. The molecule has 0 saturated carbocycles. The Labute approximate surface area is 68.4 Å². The van der Waals surface area contributed by atoms with Crippen LogP contribution in [0.1, 0.15) is 6.92 Å². The van der Waals surface area contributed by atoms with Crippen molar-refractivity contribution in [3.05, 3.63) is 24.8 Å². The number of amides is 1. The van der Waals surface area contributed by atoms with E-state index in [9.17, 15) is 4.79 Å². The molecule has 0 heterocycles. The van der Waals surface area contributed by atoms with E-state index in [0.717, 1.165) is 0 Å². The lowest BCUT2D eigenvalue weighted by atomic mass is 10.2. The van der Waals surface area contributed by atoms with E-state index in [4.69, 9.17) is 0 Å². The Morgan fingerprint density at radius 2 is 2.00 bits per heavy atom. The first-order valence-corrected chi connectivity index (χ1v) is 3.56. The molecule has 11 heavy (non-hydrogen) atoms. The molecule has 0 N–H and O–H groups in total. The molecule has 0 unspecified atom stereocenters. The van der Waals surface area contributed by atoms with Crippen LogP contribution in [0.25, 0.3) is 0 Å². The van der Waals surface area contributed by atoms with Crippen LogP contribution < -0.4 is 0 Å². The number of nitrogens with zero attached hydrogens (tertiary/aromatic N) is 1. The molecule has 2 heteroatoms. The summed E-state index contributed by atoms with van der Waals surface area (Å²) in [4.78, 5) is 11.4. The zero-order valence-electron chi connectivity index (χ0n) is 7.55. The molecule has 0 aliphatic heterocycles. The van der Waals surface area contributed by atoms with Gasteiger partial charge >= 0.3 is 5.91 Å². The molecule has 0 atom stereocenters. The summed E-state index contributed by atoms with van der Waals surface area (Å²) >= 11 is 0. The number of carbonyl (C=O) groups excluding carboxylic acids is 1. The minimum Gasteiger partial charge on any atom is -0.258 e. The minimum absolute atomic E-state index is 0.0601. The summed E-state index contributed by atoms with van der Waals surface area (Å²) in [6.07, 6.45) is 1.74. The number of hydrogen-bond donors (Lipinski definition) is 0. The molecule has 0 aliphatic carbocycles. The fourth-order valence-corrected chi connectivity index (χ4v) is 0.922. The van der Waals surface area contributed by atoms with Crippen LogP contribution >= 0.6 is 0 Å². The highest BCUT2D eigenvalue weighted by Crippen LogP contribution is 2.04. The van der Waals surface area contributed by atoms with E-state index in [1.54, 1.807) is 13.0 Å². The molecular weight excluding hydrogens is 138 g/mol. The van der Waals surface area contributed by atoms with E-state index in [0.29, 0.717) is 16.6 Å². The molecule has 0 radical (unpaired) electrons. The molecule has 0 rings (SSSR count). The number of rotatable bonds is 3. The van der Waals surface area contributed by atoms with Crippen molar-refractivity contribution < 1.29 is 9.28 Å². The largest absolute Gasteiger partial charge is 0.340 e. The maximum Gasteiger partial charge on any atom is 0.340 e. The Hall–Kier alpha value is -0.890. The molecule has 0 bridgehead atoms. The van der Waals surface area contributed by atoms with Crippen molar-refractivity contribution >= 4 is 5.91 Å². The molecule has 0 saturated heterocycles. The first-order chi connectivity index (χ1) is 4.91. The molecular formula is C9H16NO+. The Kier molecular flexibility index (Phi) is 3.20. The van der Waals surface area contributed by atoms with E-state index in [2.05, 4.69) is 13.2 Å². The molecule has 0 aromatic heterocycles. The SMILES string of the molecule is C=CC[N+](C)(C)C(=O)C(=C)C. The van der Waals surface area contributed by atoms with Gasteiger partial charge in [0.2, 0.25) is 0 Å². The van der Waals surface area contributed by atoms with Gasteiger partial charge in [0.25, 0.3) is 0 Å². The van der Waals surface area contributed by atoms with Gasteiger partial charge in [0.15, 0.2) is 0 Å². The fraction of sp³-hybridized carbons (Fsp3) is 0.444. The third-order valence-corrected chi connectivity index (χ3v) is 1.50. The summed E-state index contributed by atoms with van der Waals surface area (Å²) in [6.45, 7) is 9.57. The lowest BCUT2D eigenvalue weighted by molar-refractivity contribution is -0.805. The molecule has 2 nitrogen and oxygen atoms in total. The molecule has 62 valence electrons. The molecule has 0 spiro atoms. The first-order valence-electron chi connectivity index (χ1n) is 3.56. The fourth-order valence-electron chi connectivity index (χ4n) is 0.922. The summed E-state index contributed by atoms with van der Waals surface area (Å²) in [5.41, 5.74) is 0.594. The quantitative estimate of drug-likeness (QED) is 0.341. The summed E-state index contributed by atoms with van der Waals surface area (Å²) in [5, 5.41) is 0. The van der Waals surface area contributed by atoms with Crippen molar-refractivity contribution in [3.8, 4) is 0 Å². The standard InChI is InChI=1S/C9H16NO/c1-6-7-10(4,5)9(11)8(2)3/h6H,1-2,7H2,3-5H3/q+1. The zero-order chi connectivity index (χ0) is 9.07. The summed E-state index contributed by atoms with van der Waals surface area (Å²) < 4.78 is 0.304. The van der Waals surface area contributed by atoms with Gasteiger partial charge in [-0.25, -0.2) is 4.79 Å². The van der Waals surface area contributed by atoms with Gasteiger partial charge in [-0.05, 0) is 13.0 Å². The normalized spacial score (nSPS) is 10.8. The van der Waals surface area contributed by atoms with Crippen LogP contribution in [-0.4, -0.2) is 31.0 Å². The monoisotopic (exact) mass is 154 g/mol. The van der Waals surface area contributed by atoms with Gasteiger partial charge in [-0.2, -0.15) is 0 Å². The topological polar surface area (TPSA) is 17.1 Å². The second-order valence-electron chi connectivity index (χ2n) is 3.24. The van der Waals surface area contributed by atoms with Gasteiger partial charge in [0.05, 0.1) is 14.1 Å². The van der Waals surface area contributed by atoms with Crippen molar-refractivity contribution in [2.75, 3.05) is 20.6 Å². The van der Waals surface area contributed by atoms with Gasteiger partial charge in [-0.15, -0.1) is 0 Å². The van der Waals surface area contributed by atoms with Crippen molar-refractivity contribution in [2.24, 2.45) is 0 Å². The molecule has 0 aromatic carbocycles. The third kappa shape index (κ3) is 2.68. The third-order valence-electron chi connectivity index (χ3n) is 1.50. The van der Waals surface area contributed by atoms with Gasteiger partial charge in [0.1, 0.15) is 6.54 Å². The average molecular weight is 154 g/mol. The highest BCUT2D eigenvalue weighted by Gasteiger charge is 2.24. The predicted molar refractivity (Wildman–Crippen MR) is 47.0 cm³/mol. The van der Waals surface area contributed by atoms with Crippen LogP contribution in [0, 0.1) is 0 Å². The Balaban J connectivity index is 4.41. The summed E-state index contributed by atoms with van der Waals surface area (Å²) in [6, 6.07) is 0.